The highest BCUT2D eigenvalue weighted by Gasteiger charge is 2.38. The fourth-order valence-corrected chi connectivity index (χ4v) is 5.33. The van der Waals surface area contributed by atoms with Crippen LogP contribution in [-0.2, 0) is 28.7 Å². The molecule has 1 aliphatic heterocycles. The molecule has 0 bridgehead atoms. The van der Waals surface area contributed by atoms with Gasteiger partial charge in [-0.25, -0.2) is 4.79 Å². The molecule has 1 fully saturated rings. The Kier molecular flexibility index (Phi) is 16.3. The van der Waals surface area contributed by atoms with E-state index >= 15 is 0 Å². The van der Waals surface area contributed by atoms with Crippen LogP contribution in [0.25, 0.3) is 0 Å². The Hall–Kier alpha value is -2.73. The number of hydrogen-bond acceptors (Lipinski definition) is 7. The normalized spacial score (nSPS) is 18.7. The summed E-state index contributed by atoms with van der Waals surface area (Å²) in [6, 6.07) is -2.04. The number of nitrogens with two attached hydrogens (primary N) is 1. The topological polar surface area (TPSA) is 169 Å². The van der Waals surface area contributed by atoms with Crippen molar-refractivity contribution in [3.63, 3.8) is 0 Å². The fourth-order valence-electron chi connectivity index (χ4n) is 5.33. The number of rotatable bonds is 19. The molecule has 0 spiro atoms. The van der Waals surface area contributed by atoms with E-state index < -0.39 is 29.4 Å². The van der Waals surface area contributed by atoms with Crippen LogP contribution < -0.4 is 21.7 Å². The zero-order chi connectivity index (χ0) is 33.7. The van der Waals surface area contributed by atoms with Crippen LogP contribution in [0.5, 0.6) is 0 Å². The predicted molar refractivity (Wildman–Crippen MR) is 170 cm³/mol. The summed E-state index contributed by atoms with van der Waals surface area (Å²) in [5.74, 6) is -0.852. The lowest BCUT2D eigenvalue weighted by Gasteiger charge is -2.28. The zero-order valence-corrected chi connectivity index (χ0v) is 28.5. The molecule has 0 aromatic carbocycles. The van der Waals surface area contributed by atoms with Crippen molar-refractivity contribution >= 4 is 29.5 Å². The molecule has 0 aliphatic carbocycles. The Bertz CT molecular complexity index is 958. The lowest BCUT2D eigenvalue weighted by Crippen LogP contribution is -2.55. The summed E-state index contributed by atoms with van der Waals surface area (Å²) in [5.41, 5.74) is 4.53. The van der Waals surface area contributed by atoms with E-state index in [-0.39, 0.29) is 60.5 Å². The van der Waals surface area contributed by atoms with Crippen molar-refractivity contribution in [3.05, 3.63) is 0 Å². The second kappa shape index (κ2) is 18.3. The summed E-state index contributed by atoms with van der Waals surface area (Å²) in [7, 11) is 0. The molecule has 0 aromatic heterocycles. The van der Waals surface area contributed by atoms with Gasteiger partial charge in [-0.1, -0.05) is 55.4 Å². The molecule has 254 valence electrons. The van der Waals surface area contributed by atoms with E-state index in [4.69, 9.17) is 15.2 Å². The number of carbonyl (C=O) groups is 5. The SMILES string of the molecule is CC(C)[C@H](NC(=O)CCOCCOCCN1C(=O)C(CC(C)(C)C)CC1C)C(=O)N[C@@H](CCCNC(N)=O)C(=O)C(C)(C)C. The lowest BCUT2D eigenvalue weighted by molar-refractivity contribution is -0.135. The van der Waals surface area contributed by atoms with Gasteiger partial charge in [0.05, 0.1) is 32.5 Å². The molecule has 5 N–H and O–H groups in total. The molecule has 0 radical (unpaired) electrons. The van der Waals surface area contributed by atoms with E-state index in [0.29, 0.717) is 39.2 Å². The van der Waals surface area contributed by atoms with Crippen LogP contribution in [0.15, 0.2) is 0 Å². The molecule has 0 saturated carbocycles. The molecule has 12 heteroatoms. The Morgan fingerprint density at radius 1 is 0.977 bits per heavy atom. The van der Waals surface area contributed by atoms with Gasteiger partial charge < -0.3 is 36.1 Å². The standard InChI is InChI=1S/C32H59N5O7/c1-21(2)26(28(40)35-24(27(39)32(7,8)9)11-10-13-34-30(33)42)36-25(38)12-15-43-17-18-44-16-14-37-22(3)19-23(29(37)41)20-31(4,5)6/h21-24,26H,10-20H2,1-9H3,(H,35,40)(H,36,38)(H3,33,34,42)/t22?,23?,24-,26-/m0/s1. The van der Waals surface area contributed by atoms with Crippen LogP contribution in [0, 0.1) is 22.7 Å². The van der Waals surface area contributed by atoms with Crippen molar-refractivity contribution in [2.24, 2.45) is 28.4 Å². The first-order valence-electron chi connectivity index (χ1n) is 16.0. The molecular formula is C32H59N5O7. The summed E-state index contributed by atoms with van der Waals surface area (Å²) >= 11 is 0. The Balaban J connectivity index is 2.43. The summed E-state index contributed by atoms with van der Waals surface area (Å²) in [6.07, 6.45) is 2.60. The van der Waals surface area contributed by atoms with Crippen molar-refractivity contribution in [3.8, 4) is 0 Å². The Morgan fingerprint density at radius 2 is 1.59 bits per heavy atom. The number of ether oxygens (including phenoxy) is 2. The third-order valence-corrected chi connectivity index (χ3v) is 7.58. The first-order chi connectivity index (χ1) is 20.3. The number of urea groups is 1. The molecule has 12 nitrogen and oxygen atoms in total. The minimum absolute atomic E-state index is 0.0641. The maximum atomic E-state index is 13.2. The molecule has 5 amide bonds. The van der Waals surface area contributed by atoms with Crippen LogP contribution in [-0.4, -0.2) is 92.1 Å². The Morgan fingerprint density at radius 3 is 2.14 bits per heavy atom. The van der Waals surface area contributed by atoms with E-state index in [1.165, 1.54) is 0 Å². The van der Waals surface area contributed by atoms with E-state index in [0.717, 1.165) is 12.8 Å². The van der Waals surface area contributed by atoms with Gasteiger partial charge >= 0.3 is 6.03 Å². The third kappa shape index (κ3) is 14.8. The first-order valence-corrected chi connectivity index (χ1v) is 16.0. The van der Waals surface area contributed by atoms with Crippen LogP contribution in [0.3, 0.4) is 0 Å². The molecule has 1 saturated heterocycles. The zero-order valence-electron chi connectivity index (χ0n) is 28.5. The van der Waals surface area contributed by atoms with Gasteiger partial charge in [0, 0.05) is 36.9 Å². The first kappa shape index (κ1) is 39.3. The molecular weight excluding hydrogens is 566 g/mol. The van der Waals surface area contributed by atoms with Crippen molar-refractivity contribution in [1.82, 2.24) is 20.9 Å². The van der Waals surface area contributed by atoms with Crippen LogP contribution in [0.2, 0.25) is 0 Å². The maximum Gasteiger partial charge on any atom is 0.312 e. The smallest absolute Gasteiger partial charge is 0.312 e. The molecule has 1 rings (SSSR count). The van der Waals surface area contributed by atoms with Crippen LogP contribution in [0.4, 0.5) is 4.79 Å². The highest BCUT2D eigenvalue weighted by molar-refractivity contribution is 5.95. The van der Waals surface area contributed by atoms with E-state index in [1.54, 1.807) is 20.8 Å². The quantitative estimate of drug-likeness (QED) is 0.160. The van der Waals surface area contributed by atoms with Gasteiger partial charge in [0.15, 0.2) is 5.78 Å². The molecule has 2 unspecified atom stereocenters. The summed E-state index contributed by atoms with van der Waals surface area (Å²) in [6.45, 7) is 19.6. The Labute approximate surface area is 264 Å². The summed E-state index contributed by atoms with van der Waals surface area (Å²) in [4.78, 5) is 64.4. The average Bonchev–Trinajstić information content (AvgIpc) is 3.14. The number of nitrogens with one attached hydrogen (secondary N) is 3. The molecule has 1 heterocycles. The highest BCUT2D eigenvalue weighted by atomic mass is 16.5. The van der Waals surface area contributed by atoms with E-state index in [1.807, 2.05) is 18.7 Å². The van der Waals surface area contributed by atoms with Gasteiger partial charge in [0.25, 0.3) is 0 Å². The molecule has 4 atom stereocenters. The highest BCUT2D eigenvalue weighted by Crippen LogP contribution is 2.34. The number of hydrogen-bond donors (Lipinski definition) is 4. The largest absolute Gasteiger partial charge is 0.379 e. The number of primary amides is 1. The predicted octanol–water partition coefficient (Wildman–Crippen LogP) is 2.77. The average molecular weight is 626 g/mol. The van der Waals surface area contributed by atoms with Gasteiger partial charge in [-0.15, -0.1) is 0 Å². The van der Waals surface area contributed by atoms with Crippen molar-refractivity contribution in [2.45, 2.75) is 113 Å². The summed E-state index contributed by atoms with van der Waals surface area (Å²) < 4.78 is 11.2. The van der Waals surface area contributed by atoms with Gasteiger partial charge in [0.1, 0.15) is 6.04 Å². The second-order valence-electron chi connectivity index (χ2n) is 14.5. The van der Waals surface area contributed by atoms with Crippen molar-refractivity contribution in [1.29, 1.82) is 0 Å². The van der Waals surface area contributed by atoms with Crippen molar-refractivity contribution in [2.75, 3.05) is 39.5 Å². The minimum Gasteiger partial charge on any atom is -0.379 e. The van der Waals surface area contributed by atoms with E-state index in [9.17, 15) is 24.0 Å². The van der Waals surface area contributed by atoms with Gasteiger partial charge in [-0.2, -0.15) is 0 Å². The number of Topliss-reactive ketones (excluding diaryl/α,β-unsaturated/α-hetero) is 1. The molecule has 1 aliphatic rings. The van der Waals surface area contributed by atoms with Crippen LogP contribution >= 0.6 is 0 Å². The maximum absolute atomic E-state index is 13.2. The summed E-state index contributed by atoms with van der Waals surface area (Å²) in [5, 5.41) is 8.06. The number of amides is 5. The molecule has 44 heavy (non-hydrogen) atoms. The van der Waals surface area contributed by atoms with Crippen molar-refractivity contribution < 1.29 is 33.4 Å². The molecule has 0 aromatic rings. The number of ketones is 1. The van der Waals surface area contributed by atoms with E-state index in [2.05, 4.69) is 43.6 Å². The van der Waals surface area contributed by atoms with Gasteiger partial charge in [-0.05, 0) is 43.9 Å². The number of carbonyl (C=O) groups excluding carboxylic acids is 5. The fraction of sp³-hybridized carbons (Fsp3) is 0.844. The van der Waals surface area contributed by atoms with Gasteiger partial charge in [-0.3, -0.25) is 19.2 Å². The minimum atomic E-state index is -0.830. The van der Waals surface area contributed by atoms with Gasteiger partial charge in [0.2, 0.25) is 17.7 Å². The third-order valence-electron chi connectivity index (χ3n) is 7.58. The monoisotopic (exact) mass is 625 g/mol. The number of likely N-dealkylation sites (tertiary alicyclic amines) is 1. The lowest BCUT2D eigenvalue weighted by atomic mass is 9.83. The second-order valence-corrected chi connectivity index (χ2v) is 14.5. The van der Waals surface area contributed by atoms with Crippen LogP contribution in [0.1, 0.15) is 94.4 Å². The number of nitrogens with zero attached hydrogens (tertiary/aromatic N) is 1.